The molecule has 0 spiro atoms. The van der Waals surface area contributed by atoms with Crippen molar-refractivity contribution in [3.05, 3.63) is 76.5 Å². The monoisotopic (exact) mass is 322 g/mol. The largest absolute Gasteiger partial charge is 0.490 e. The average Bonchev–Trinajstić information content (AvgIpc) is 2.56. The number of rotatable bonds is 5. The highest BCUT2D eigenvalue weighted by molar-refractivity contribution is 5.76. The summed E-state index contributed by atoms with van der Waals surface area (Å²) in [5.41, 5.74) is 1.58. The minimum absolute atomic E-state index is 0.131. The van der Waals surface area contributed by atoms with Crippen LogP contribution in [0.25, 0.3) is 11.0 Å². The molecule has 0 aliphatic heterocycles. The van der Waals surface area contributed by atoms with Crippen molar-refractivity contribution in [3.63, 3.8) is 0 Å². The van der Waals surface area contributed by atoms with Crippen molar-refractivity contribution >= 4 is 11.0 Å². The lowest BCUT2D eigenvalue weighted by molar-refractivity contribution is 0.348. The number of para-hydroxylation sites is 1. The summed E-state index contributed by atoms with van der Waals surface area (Å²) in [4.78, 5) is 12.1. The molecule has 1 aromatic heterocycles. The number of benzene rings is 2. The Bertz CT molecular complexity index is 916. The topological polar surface area (TPSA) is 48.7 Å². The second kappa shape index (κ2) is 7.04. The Morgan fingerprint density at radius 3 is 2.50 bits per heavy atom. The van der Waals surface area contributed by atoms with Gasteiger partial charge < -0.3 is 13.9 Å². The molecule has 0 unspecified atom stereocenters. The molecule has 0 aliphatic carbocycles. The van der Waals surface area contributed by atoms with Gasteiger partial charge in [-0.05, 0) is 56.3 Å². The zero-order valence-corrected chi connectivity index (χ0v) is 13.6. The lowest BCUT2D eigenvalue weighted by atomic mass is 10.2. The molecule has 4 heteroatoms. The number of ether oxygens (including phenoxy) is 2. The van der Waals surface area contributed by atoms with Crippen molar-refractivity contribution in [3.8, 4) is 17.4 Å². The van der Waals surface area contributed by atoms with Crippen LogP contribution in [0.1, 0.15) is 13.8 Å². The third-order valence-corrected chi connectivity index (χ3v) is 3.40. The lowest BCUT2D eigenvalue weighted by Gasteiger charge is -2.07. The van der Waals surface area contributed by atoms with Gasteiger partial charge in [-0.3, -0.25) is 4.79 Å². The third kappa shape index (κ3) is 3.84. The first-order valence-corrected chi connectivity index (χ1v) is 7.69. The molecule has 122 valence electrons. The minimum Gasteiger partial charge on any atom is -0.490 e. The summed E-state index contributed by atoms with van der Waals surface area (Å²) < 4.78 is 16.8. The molecule has 4 nitrogen and oxygen atoms in total. The van der Waals surface area contributed by atoms with E-state index in [0.29, 0.717) is 23.3 Å². The maximum absolute atomic E-state index is 12.1. The maximum atomic E-state index is 12.1. The van der Waals surface area contributed by atoms with E-state index in [1.54, 1.807) is 30.3 Å². The van der Waals surface area contributed by atoms with Crippen molar-refractivity contribution in [2.45, 2.75) is 13.8 Å². The summed E-state index contributed by atoms with van der Waals surface area (Å²) in [7, 11) is 0. The van der Waals surface area contributed by atoms with Gasteiger partial charge in [-0.25, -0.2) is 0 Å². The molecule has 0 bridgehead atoms. The van der Waals surface area contributed by atoms with Gasteiger partial charge in [0.1, 0.15) is 23.7 Å². The zero-order valence-electron chi connectivity index (χ0n) is 13.6. The van der Waals surface area contributed by atoms with E-state index in [-0.39, 0.29) is 11.4 Å². The van der Waals surface area contributed by atoms with Crippen LogP contribution < -0.4 is 14.9 Å². The smallest absolute Gasteiger partial charge is 0.294 e. The molecular formula is C20H18O4. The summed E-state index contributed by atoms with van der Waals surface area (Å²) in [5, 5.41) is 0.535. The van der Waals surface area contributed by atoms with Crippen molar-refractivity contribution in [2.75, 3.05) is 6.61 Å². The summed E-state index contributed by atoms with van der Waals surface area (Å²) >= 11 is 0. The SMILES string of the molecule is CC(C)=CCOc1ccc(Oc2cc(=O)c3ccccc3o2)cc1. The van der Waals surface area contributed by atoms with Crippen molar-refractivity contribution in [1.29, 1.82) is 0 Å². The normalized spacial score (nSPS) is 10.4. The molecule has 3 aromatic rings. The van der Waals surface area contributed by atoms with Crippen LogP contribution in [0.2, 0.25) is 0 Å². The fourth-order valence-electron chi connectivity index (χ4n) is 2.16. The third-order valence-electron chi connectivity index (χ3n) is 3.40. The van der Waals surface area contributed by atoms with Crippen LogP contribution >= 0.6 is 0 Å². The molecule has 1 heterocycles. The standard InChI is InChI=1S/C20H18O4/c1-14(2)11-12-22-15-7-9-16(10-8-15)23-20-13-18(21)17-5-3-4-6-19(17)24-20/h3-11,13H,12H2,1-2H3. The van der Waals surface area contributed by atoms with Crippen LogP contribution in [0.15, 0.2) is 75.5 Å². The molecule has 0 aliphatic rings. The second-order valence-electron chi connectivity index (χ2n) is 5.59. The maximum Gasteiger partial charge on any atom is 0.294 e. The fourth-order valence-corrected chi connectivity index (χ4v) is 2.16. The molecule has 0 amide bonds. The minimum atomic E-state index is -0.131. The van der Waals surface area contributed by atoms with Crippen molar-refractivity contribution < 1.29 is 13.9 Å². The van der Waals surface area contributed by atoms with Crippen LogP contribution in [-0.4, -0.2) is 6.61 Å². The van der Waals surface area contributed by atoms with E-state index in [0.717, 1.165) is 5.75 Å². The Morgan fingerprint density at radius 2 is 1.75 bits per heavy atom. The quantitative estimate of drug-likeness (QED) is 0.625. The predicted octanol–water partition coefficient (Wildman–Crippen LogP) is 4.93. The van der Waals surface area contributed by atoms with Gasteiger partial charge in [-0.2, -0.15) is 0 Å². The second-order valence-corrected chi connectivity index (χ2v) is 5.59. The Balaban J connectivity index is 1.74. The fraction of sp³-hybridized carbons (Fsp3) is 0.150. The van der Waals surface area contributed by atoms with Gasteiger partial charge >= 0.3 is 0 Å². The molecule has 0 saturated heterocycles. The lowest BCUT2D eigenvalue weighted by Crippen LogP contribution is -2.00. The molecule has 2 aromatic carbocycles. The highest BCUT2D eigenvalue weighted by Crippen LogP contribution is 2.25. The Morgan fingerprint density at radius 1 is 1.04 bits per heavy atom. The van der Waals surface area contributed by atoms with Crippen molar-refractivity contribution in [1.82, 2.24) is 0 Å². The van der Waals surface area contributed by atoms with Crippen LogP contribution in [0.4, 0.5) is 0 Å². The van der Waals surface area contributed by atoms with Gasteiger partial charge in [0.15, 0.2) is 5.43 Å². The van der Waals surface area contributed by atoms with Crippen LogP contribution in [0.3, 0.4) is 0 Å². The molecule has 0 atom stereocenters. The van der Waals surface area contributed by atoms with E-state index < -0.39 is 0 Å². The number of fused-ring (bicyclic) bond motifs is 1. The predicted molar refractivity (Wildman–Crippen MR) is 93.9 cm³/mol. The Hall–Kier alpha value is -3.01. The molecule has 3 rings (SSSR count). The van der Waals surface area contributed by atoms with E-state index in [1.165, 1.54) is 11.6 Å². The van der Waals surface area contributed by atoms with Crippen LogP contribution in [-0.2, 0) is 0 Å². The molecule has 0 radical (unpaired) electrons. The van der Waals surface area contributed by atoms with Gasteiger partial charge in [-0.1, -0.05) is 17.7 Å². The van der Waals surface area contributed by atoms with Gasteiger partial charge in [0.05, 0.1) is 11.5 Å². The van der Waals surface area contributed by atoms with E-state index in [9.17, 15) is 4.79 Å². The summed E-state index contributed by atoms with van der Waals surface area (Å²) in [5.74, 6) is 1.49. The van der Waals surface area contributed by atoms with E-state index in [4.69, 9.17) is 13.9 Å². The van der Waals surface area contributed by atoms with E-state index in [2.05, 4.69) is 0 Å². The zero-order chi connectivity index (χ0) is 16.9. The molecule has 24 heavy (non-hydrogen) atoms. The first-order chi connectivity index (χ1) is 11.6. The first-order valence-electron chi connectivity index (χ1n) is 7.69. The Labute approximate surface area is 139 Å². The number of hydrogen-bond acceptors (Lipinski definition) is 4. The first kappa shape index (κ1) is 15.9. The highest BCUT2D eigenvalue weighted by atomic mass is 16.6. The average molecular weight is 322 g/mol. The number of allylic oxidation sites excluding steroid dienone is 1. The summed E-state index contributed by atoms with van der Waals surface area (Å²) in [6.07, 6.45) is 2.01. The van der Waals surface area contributed by atoms with Gasteiger partial charge in [-0.15, -0.1) is 0 Å². The number of hydrogen-bond donors (Lipinski definition) is 0. The summed E-state index contributed by atoms with van der Waals surface area (Å²) in [6.45, 7) is 4.58. The molecule has 0 fully saturated rings. The molecule has 0 saturated carbocycles. The van der Waals surface area contributed by atoms with Gasteiger partial charge in [0, 0.05) is 0 Å². The molecular weight excluding hydrogens is 304 g/mol. The van der Waals surface area contributed by atoms with Gasteiger partial charge in [0.2, 0.25) is 0 Å². The Kier molecular flexibility index (Phi) is 4.66. The van der Waals surface area contributed by atoms with E-state index >= 15 is 0 Å². The molecule has 0 N–H and O–H groups in total. The van der Waals surface area contributed by atoms with Gasteiger partial charge in [0.25, 0.3) is 5.95 Å². The van der Waals surface area contributed by atoms with Crippen LogP contribution in [0.5, 0.6) is 17.4 Å². The van der Waals surface area contributed by atoms with Crippen LogP contribution in [0, 0.1) is 0 Å². The van der Waals surface area contributed by atoms with E-state index in [1.807, 2.05) is 38.1 Å². The highest BCUT2D eigenvalue weighted by Gasteiger charge is 2.06. The van der Waals surface area contributed by atoms with Crippen molar-refractivity contribution in [2.24, 2.45) is 0 Å². The summed E-state index contributed by atoms with van der Waals surface area (Å²) in [6, 6.07) is 15.6.